The monoisotopic (exact) mass is 396 g/mol. The first-order chi connectivity index (χ1) is 13.5. The number of hydrogen-bond acceptors (Lipinski definition) is 5. The molecular weight excluding hydrogens is 376 g/mol. The van der Waals surface area contributed by atoms with Crippen LogP contribution in [-0.2, 0) is 12.8 Å². The second kappa shape index (κ2) is 7.59. The summed E-state index contributed by atoms with van der Waals surface area (Å²) in [7, 11) is 0. The zero-order valence-electron chi connectivity index (χ0n) is 15.2. The van der Waals surface area contributed by atoms with Gasteiger partial charge in [-0.3, -0.25) is 9.59 Å². The maximum absolute atomic E-state index is 12.7. The zero-order valence-corrected chi connectivity index (χ0v) is 16.1. The van der Waals surface area contributed by atoms with Crippen LogP contribution in [0.15, 0.2) is 39.5 Å². The first-order valence-corrected chi connectivity index (χ1v) is 10.1. The van der Waals surface area contributed by atoms with Crippen molar-refractivity contribution < 1.29 is 14.0 Å². The Hall–Kier alpha value is -2.93. The topological polar surface area (TPSA) is 102 Å². The van der Waals surface area contributed by atoms with Crippen molar-refractivity contribution in [1.29, 1.82) is 0 Å². The summed E-state index contributed by atoms with van der Waals surface area (Å²) in [4.78, 5) is 38.1. The molecule has 3 aromatic rings. The van der Waals surface area contributed by atoms with Gasteiger partial charge in [-0.05, 0) is 48.8 Å². The number of anilines is 1. The standard InChI is InChI=1S/C21H20N2O4S/c22-18(24)17-14-9-3-1-2-4-10-16(14)28-20(17)23-19(25)15-11-12-7-5-6-8-13(12)21(26)27-15/h5-8,11H,1-4,9-10H2,(H2,22,24)(H,23,25). The highest BCUT2D eigenvalue weighted by atomic mass is 32.1. The number of fused-ring (bicyclic) bond motifs is 2. The molecule has 2 aromatic heterocycles. The Bertz CT molecular complexity index is 1130. The first kappa shape index (κ1) is 18.4. The van der Waals surface area contributed by atoms with E-state index >= 15 is 0 Å². The molecule has 2 heterocycles. The average molecular weight is 396 g/mol. The van der Waals surface area contributed by atoms with Crippen LogP contribution in [0.25, 0.3) is 10.8 Å². The number of amides is 2. The fourth-order valence-corrected chi connectivity index (χ4v) is 4.97. The summed E-state index contributed by atoms with van der Waals surface area (Å²) in [6.45, 7) is 0. The third-order valence-electron chi connectivity index (χ3n) is 5.04. The molecule has 1 aliphatic carbocycles. The number of aryl methyl sites for hydroxylation is 1. The molecular formula is C21H20N2O4S. The third kappa shape index (κ3) is 3.45. The minimum atomic E-state index is -0.572. The van der Waals surface area contributed by atoms with Gasteiger partial charge in [0.05, 0.1) is 10.9 Å². The number of benzene rings is 1. The van der Waals surface area contributed by atoms with Gasteiger partial charge >= 0.3 is 5.63 Å². The van der Waals surface area contributed by atoms with Crippen LogP contribution in [0.1, 0.15) is 57.0 Å². The molecule has 0 fully saturated rings. The van der Waals surface area contributed by atoms with Crippen molar-refractivity contribution in [3.05, 3.63) is 62.5 Å². The van der Waals surface area contributed by atoms with E-state index in [0.717, 1.165) is 49.0 Å². The molecule has 0 aliphatic heterocycles. The van der Waals surface area contributed by atoms with Crippen LogP contribution >= 0.6 is 11.3 Å². The molecule has 0 atom stereocenters. The largest absolute Gasteiger partial charge is 0.417 e. The predicted octanol–water partition coefficient (Wildman–Crippen LogP) is 3.86. The minimum absolute atomic E-state index is 0.0973. The molecule has 6 nitrogen and oxygen atoms in total. The van der Waals surface area contributed by atoms with E-state index in [2.05, 4.69) is 5.32 Å². The Morgan fingerprint density at radius 3 is 2.61 bits per heavy atom. The summed E-state index contributed by atoms with van der Waals surface area (Å²) < 4.78 is 5.19. The van der Waals surface area contributed by atoms with Crippen molar-refractivity contribution in [2.75, 3.05) is 5.32 Å². The molecule has 3 N–H and O–H groups in total. The molecule has 0 radical (unpaired) electrons. The van der Waals surface area contributed by atoms with Gasteiger partial charge in [-0.2, -0.15) is 0 Å². The van der Waals surface area contributed by atoms with E-state index < -0.39 is 17.4 Å². The Balaban J connectivity index is 1.71. The van der Waals surface area contributed by atoms with Gasteiger partial charge in [0, 0.05) is 4.88 Å². The minimum Gasteiger partial charge on any atom is -0.417 e. The van der Waals surface area contributed by atoms with Gasteiger partial charge < -0.3 is 15.5 Å². The van der Waals surface area contributed by atoms with E-state index in [1.807, 2.05) is 0 Å². The number of nitrogens with one attached hydrogen (secondary N) is 1. The highest BCUT2D eigenvalue weighted by molar-refractivity contribution is 7.17. The summed E-state index contributed by atoms with van der Waals surface area (Å²) in [6, 6.07) is 8.44. The fraction of sp³-hybridized carbons (Fsp3) is 0.286. The SMILES string of the molecule is NC(=O)c1c(NC(=O)c2cc3ccccc3c(=O)o2)sc2c1CCCCCC2. The molecule has 0 spiro atoms. The van der Waals surface area contributed by atoms with Crippen molar-refractivity contribution in [2.24, 2.45) is 5.73 Å². The van der Waals surface area contributed by atoms with Gasteiger partial charge in [0.1, 0.15) is 5.00 Å². The fourth-order valence-electron chi connectivity index (χ4n) is 3.68. The molecule has 4 rings (SSSR count). The number of rotatable bonds is 3. The maximum atomic E-state index is 12.7. The molecule has 28 heavy (non-hydrogen) atoms. The van der Waals surface area contributed by atoms with Gasteiger partial charge in [0.15, 0.2) is 5.76 Å². The van der Waals surface area contributed by atoms with Crippen LogP contribution < -0.4 is 16.7 Å². The van der Waals surface area contributed by atoms with Gasteiger partial charge in [0.2, 0.25) is 0 Å². The quantitative estimate of drug-likeness (QED) is 0.701. The van der Waals surface area contributed by atoms with Crippen LogP contribution in [-0.4, -0.2) is 11.8 Å². The Morgan fingerprint density at radius 1 is 1.07 bits per heavy atom. The normalized spacial score (nSPS) is 14.1. The van der Waals surface area contributed by atoms with Crippen LogP contribution in [0.4, 0.5) is 5.00 Å². The molecule has 0 saturated carbocycles. The van der Waals surface area contributed by atoms with E-state index in [0.29, 0.717) is 21.3 Å². The summed E-state index contributed by atoms with van der Waals surface area (Å²) >= 11 is 1.39. The Morgan fingerprint density at radius 2 is 1.82 bits per heavy atom. The van der Waals surface area contributed by atoms with Crippen molar-refractivity contribution in [2.45, 2.75) is 38.5 Å². The zero-order chi connectivity index (χ0) is 19.7. The molecule has 0 bridgehead atoms. The van der Waals surface area contributed by atoms with E-state index in [1.165, 1.54) is 17.4 Å². The van der Waals surface area contributed by atoms with Gasteiger partial charge in [-0.25, -0.2) is 4.79 Å². The van der Waals surface area contributed by atoms with E-state index in [4.69, 9.17) is 10.2 Å². The average Bonchev–Trinajstić information content (AvgIpc) is 2.98. The summed E-state index contributed by atoms with van der Waals surface area (Å²) in [5.74, 6) is -1.21. The number of carbonyl (C=O) groups excluding carboxylic acids is 2. The van der Waals surface area contributed by atoms with Crippen LogP contribution in [0.2, 0.25) is 0 Å². The maximum Gasteiger partial charge on any atom is 0.344 e. The van der Waals surface area contributed by atoms with Crippen LogP contribution in [0, 0.1) is 0 Å². The second-order valence-corrected chi connectivity index (χ2v) is 8.03. The number of nitrogens with two attached hydrogens (primary N) is 1. The number of carbonyl (C=O) groups is 2. The third-order valence-corrected chi connectivity index (χ3v) is 6.25. The number of primary amides is 1. The summed E-state index contributed by atoms with van der Waals surface area (Å²) in [5.41, 5.74) is 6.40. The van der Waals surface area contributed by atoms with Gasteiger partial charge in [0.25, 0.3) is 11.8 Å². The lowest BCUT2D eigenvalue weighted by molar-refractivity contribution is 0.0993. The van der Waals surface area contributed by atoms with Crippen molar-refractivity contribution >= 4 is 38.9 Å². The molecule has 144 valence electrons. The van der Waals surface area contributed by atoms with Crippen molar-refractivity contribution in [3.8, 4) is 0 Å². The highest BCUT2D eigenvalue weighted by Gasteiger charge is 2.24. The number of thiophene rings is 1. The van der Waals surface area contributed by atoms with Crippen molar-refractivity contribution in [3.63, 3.8) is 0 Å². The van der Waals surface area contributed by atoms with Crippen molar-refractivity contribution in [1.82, 2.24) is 0 Å². The van der Waals surface area contributed by atoms with Crippen LogP contribution in [0.3, 0.4) is 0 Å². The number of hydrogen-bond donors (Lipinski definition) is 2. The second-order valence-electron chi connectivity index (χ2n) is 6.93. The Kier molecular flexibility index (Phi) is 5.00. The lowest BCUT2D eigenvalue weighted by Crippen LogP contribution is -2.19. The molecule has 2 amide bonds. The predicted molar refractivity (Wildman–Crippen MR) is 109 cm³/mol. The first-order valence-electron chi connectivity index (χ1n) is 9.33. The van der Waals surface area contributed by atoms with Gasteiger partial charge in [-0.1, -0.05) is 31.0 Å². The van der Waals surface area contributed by atoms with Crippen LogP contribution in [0.5, 0.6) is 0 Å². The lowest BCUT2D eigenvalue weighted by Gasteiger charge is -2.10. The molecule has 0 saturated heterocycles. The molecule has 1 aromatic carbocycles. The molecule has 0 unspecified atom stereocenters. The highest BCUT2D eigenvalue weighted by Crippen LogP contribution is 2.37. The molecule has 1 aliphatic rings. The summed E-state index contributed by atoms with van der Waals surface area (Å²) in [6.07, 6.45) is 5.99. The molecule has 7 heteroatoms. The lowest BCUT2D eigenvalue weighted by atomic mass is 9.96. The smallest absolute Gasteiger partial charge is 0.344 e. The Labute approximate surface area is 165 Å². The summed E-state index contributed by atoms with van der Waals surface area (Å²) in [5, 5.41) is 4.21. The van der Waals surface area contributed by atoms with E-state index in [1.54, 1.807) is 24.3 Å². The van der Waals surface area contributed by atoms with E-state index in [9.17, 15) is 14.4 Å². The van der Waals surface area contributed by atoms with Gasteiger partial charge in [-0.15, -0.1) is 11.3 Å². The van der Waals surface area contributed by atoms with E-state index in [-0.39, 0.29) is 5.76 Å².